The summed E-state index contributed by atoms with van der Waals surface area (Å²) in [5, 5.41) is 13.7. The smallest absolute Gasteiger partial charge is 0.223 e. The van der Waals surface area contributed by atoms with Crippen molar-refractivity contribution in [1.29, 1.82) is 0 Å². The van der Waals surface area contributed by atoms with Gasteiger partial charge in [-0.05, 0) is 23.6 Å². The highest BCUT2D eigenvalue weighted by Gasteiger charge is 2.19. The fraction of sp³-hybridized carbons (Fsp3) is 0.632. The van der Waals surface area contributed by atoms with E-state index in [1.54, 1.807) is 12.1 Å². The van der Waals surface area contributed by atoms with Crippen molar-refractivity contribution in [2.24, 2.45) is 5.92 Å². The zero-order chi connectivity index (χ0) is 18.2. The molecule has 26 heavy (non-hydrogen) atoms. The summed E-state index contributed by atoms with van der Waals surface area (Å²) in [6, 6.07) is 5.94. The fourth-order valence-electron chi connectivity index (χ4n) is 3.13. The van der Waals surface area contributed by atoms with Crippen LogP contribution in [0.5, 0.6) is 0 Å². The first-order valence-corrected chi connectivity index (χ1v) is 9.10. The zero-order valence-corrected chi connectivity index (χ0v) is 16.5. The summed E-state index contributed by atoms with van der Waals surface area (Å²) in [6.45, 7) is 9.35. The minimum absolute atomic E-state index is 0. The fourth-order valence-corrected chi connectivity index (χ4v) is 3.13. The van der Waals surface area contributed by atoms with Crippen molar-refractivity contribution in [3.8, 4) is 0 Å². The van der Waals surface area contributed by atoms with Crippen LogP contribution in [0.15, 0.2) is 24.3 Å². The topological polar surface area (TPSA) is 55.8 Å². The van der Waals surface area contributed by atoms with Gasteiger partial charge in [0.2, 0.25) is 5.91 Å². The Morgan fingerprint density at radius 2 is 1.85 bits per heavy atom. The van der Waals surface area contributed by atoms with E-state index in [9.17, 15) is 14.3 Å². The van der Waals surface area contributed by atoms with Crippen molar-refractivity contribution in [2.45, 2.75) is 26.4 Å². The van der Waals surface area contributed by atoms with Crippen molar-refractivity contribution < 1.29 is 14.3 Å². The molecule has 148 valence electrons. The van der Waals surface area contributed by atoms with Crippen LogP contribution in [0.3, 0.4) is 0 Å². The molecule has 5 nitrogen and oxygen atoms in total. The number of piperazine rings is 1. The molecule has 1 atom stereocenters. The molecule has 0 aliphatic carbocycles. The van der Waals surface area contributed by atoms with Gasteiger partial charge in [-0.2, -0.15) is 0 Å². The number of carbonyl (C=O) groups excluding carboxylic acids is 1. The van der Waals surface area contributed by atoms with E-state index in [0.717, 1.165) is 32.7 Å². The highest BCUT2D eigenvalue weighted by Crippen LogP contribution is 2.16. The summed E-state index contributed by atoms with van der Waals surface area (Å²) in [5.41, 5.74) is 0.698. The van der Waals surface area contributed by atoms with E-state index in [4.69, 9.17) is 0 Å². The Kier molecular flexibility index (Phi) is 10.1. The number of carbonyl (C=O) groups is 1. The quantitative estimate of drug-likeness (QED) is 0.717. The first-order valence-electron chi connectivity index (χ1n) is 9.10. The van der Waals surface area contributed by atoms with Crippen molar-refractivity contribution in [3.05, 3.63) is 35.6 Å². The number of amides is 1. The maximum Gasteiger partial charge on any atom is 0.223 e. The summed E-state index contributed by atoms with van der Waals surface area (Å²) >= 11 is 0. The molecule has 2 N–H and O–H groups in total. The first-order chi connectivity index (χ1) is 12.0. The van der Waals surface area contributed by atoms with Crippen LogP contribution in [-0.2, 0) is 4.79 Å². The van der Waals surface area contributed by atoms with Crippen LogP contribution in [0.1, 0.15) is 31.9 Å². The number of halogens is 2. The van der Waals surface area contributed by atoms with Crippen LogP contribution in [0.4, 0.5) is 4.39 Å². The van der Waals surface area contributed by atoms with Crippen molar-refractivity contribution in [1.82, 2.24) is 15.1 Å². The Morgan fingerprint density at radius 1 is 1.23 bits per heavy atom. The number of nitrogens with one attached hydrogen (secondary N) is 1. The minimum Gasteiger partial charge on any atom is -0.387 e. The molecule has 0 saturated carbocycles. The van der Waals surface area contributed by atoms with E-state index in [-0.39, 0.29) is 24.1 Å². The van der Waals surface area contributed by atoms with Gasteiger partial charge in [0.1, 0.15) is 5.82 Å². The lowest BCUT2D eigenvalue weighted by molar-refractivity contribution is -0.132. The lowest BCUT2D eigenvalue weighted by atomic mass is 10.1. The molecular weight excluding hydrogens is 357 g/mol. The first kappa shape index (κ1) is 22.8. The van der Waals surface area contributed by atoms with Gasteiger partial charge in [0.15, 0.2) is 0 Å². The highest BCUT2D eigenvalue weighted by molar-refractivity contribution is 5.85. The van der Waals surface area contributed by atoms with E-state index >= 15 is 0 Å². The van der Waals surface area contributed by atoms with Crippen LogP contribution >= 0.6 is 12.4 Å². The van der Waals surface area contributed by atoms with Crippen LogP contribution in [0.2, 0.25) is 0 Å². The summed E-state index contributed by atoms with van der Waals surface area (Å²) in [4.78, 5) is 16.4. The molecule has 1 amide bonds. The molecule has 0 radical (unpaired) electrons. The Bertz CT molecular complexity index is 536. The van der Waals surface area contributed by atoms with Gasteiger partial charge in [0.05, 0.1) is 6.10 Å². The van der Waals surface area contributed by atoms with Gasteiger partial charge < -0.3 is 15.3 Å². The second-order valence-electron chi connectivity index (χ2n) is 7.10. The van der Waals surface area contributed by atoms with Crippen LogP contribution < -0.4 is 5.32 Å². The average molecular weight is 388 g/mol. The molecule has 0 bridgehead atoms. The maximum atomic E-state index is 13.0. The van der Waals surface area contributed by atoms with Crippen LogP contribution in [0.25, 0.3) is 0 Å². The van der Waals surface area contributed by atoms with Gasteiger partial charge in [-0.3, -0.25) is 9.69 Å². The molecule has 1 heterocycles. The number of hydrogen-bond acceptors (Lipinski definition) is 4. The number of hydrogen-bond donors (Lipinski definition) is 2. The van der Waals surface area contributed by atoms with E-state index in [1.165, 1.54) is 12.1 Å². The third kappa shape index (κ3) is 7.58. The number of aliphatic hydroxyl groups excluding tert-OH is 1. The normalized spacial score (nSPS) is 15.8. The third-order valence-electron chi connectivity index (χ3n) is 4.42. The number of rotatable bonds is 8. The minimum atomic E-state index is -0.686. The third-order valence-corrected chi connectivity index (χ3v) is 4.42. The molecule has 0 aromatic heterocycles. The van der Waals surface area contributed by atoms with Crippen LogP contribution in [-0.4, -0.2) is 66.6 Å². The largest absolute Gasteiger partial charge is 0.387 e. The lowest BCUT2D eigenvalue weighted by Crippen LogP contribution is -2.47. The lowest BCUT2D eigenvalue weighted by Gasteiger charge is -2.30. The Balaban J connectivity index is 0.00000338. The predicted octanol–water partition coefficient (Wildman–Crippen LogP) is 2.06. The highest BCUT2D eigenvalue weighted by atomic mass is 35.5. The average Bonchev–Trinajstić information content (AvgIpc) is 2.60. The Hall–Kier alpha value is -1.21. The van der Waals surface area contributed by atoms with E-state index in [1.807, 2.05) is 4.90 Å². The molecule has 0 spiro atoms. The molecule has 1 aromatic carbocycles. The molecule has 1 aliphatic heterocycles. The summed E-state index contributed by atoms with van der Waals surface area (Å²) in [7, 11) is 0. The van der Waals surface area contributed by atoms with E-state index in [2.05, 4.69) is 24.1 Å². The van der Waals surface area contributed by atoms with Crippen molar-refractivity contribution in [2.75, 3.05) is 45.8 Å². The summed E-state index contributed by atoms with van der Waals surface area (Å²) in [6.07, 6.45) is -0.225. The van der Waals surface area contributed by atoms with Crippen molar-refractivity contribution in [3.63, 3.8) is 0 Å². The maximum absolute atomic E-state index is 13.0. The predicted molar refractivity (Wildman–Crippen MR) is 104 cm³/mol. The molecule has 1 aromatic rings. The zero-order valence-electron chi connectivity index (χ0n) is 15.7. The number of nitrogens with zero attached hydrogens (tertiary/aromatic N) is 2. The number of benzene rings is 1. The second kappa shape index (κ2) is 11.5. The molecule has 1 fully saturated rings. The Morgan fingerprint density at radius 3 is 2.42 bits per heavy atom. The van der Waals surface area contributed by atoms with Gasteiger partial charge in [-0.1, -0.05) is 26.0 Å². The second-order valence-corrected chi connectivity index (χ2v) is 7.10. The summed E-state index contributed by atoms with van der Waals surface area (Å²) in [5.74, 6) is 0.304. The van der Waals surface area contributed by atoms with Gasteiger partial charge in [-0.25, -0.2) is 4.39 Å². The van der Waals surface area contributed by atoms with Crippen molar-refractivity contribution >= 4 is 18.3 Å². The Labute approximate surface area is 162 Å². The van der Waals surface area contributed by atoms with Gasteiger partial charge in [0, 0.05) is 52.2 Å². The molecule has 7 heteroatoms. The van der Waals surface area contributed by atoms with E-state index < -0.39 is 6.10 Å². The SMILES string of the molecule is CC(C)CN(CCC(=O)N1CCNCC1)CC(O)c1ccc(F)cc1.Cl. The molecule has 2 rings (SSSR count). The van der Waals surface area contributed by atoms with Gasteiger partial charge >= 0.3 is 0 Å². The molecule has 1 aliphatic rings. The van der Waals surface area contributed by atoms with Gasteiger partial charge in [-0.15, -0.1) is 12.4 Å². The molecule has 1 saturated heterocycles. The van der Waals surface area contributed by atoms with E-state index in [0.29, 0.717) is 31.0 Å². The van der Waals surface area contributed by atoms with Gasteiger partial charge in [0.25, 0.3) is 0 Å². The number of aliphatic hydroxyl groups is 1. The van der Waals surface area contributed by atoms with Crippen LogP contribution in [0, 0.1) is 11.7 Å². The molecule has 1 unspecified atom stereocenters. The standard InChI is InChI=1S/C19H30FN3O2.ClH/c1-15(2)13-22(10-7-19(25)23-11-8-21-9-12-23)14-18(24)16-3-5-17(20)6-4-16;/h3-6,15,18,21,24H,7-14H2,1-2H3;1H. The summed E-state index contributed by atoms with van der Waals surface area (Å²) < 4.78 is 13.0. The molecular formula is C19H31ClFN3O2. The monoisotopic (exact) mass is 387 g/mol.